The molecule has 1 atom stereocenters. The standard InChI is InChI=1S/C12H17N3/c1-8-4-9(2)6-10(5-8)12(3)7-14-11(13)15-12/h4-6H,7H2,1-3H3,(H3,13,14,15). The van der Waals surface area contributed by atoms with Crippen LogP contribution in [0.2, 0.25) is 0 Å². The third-order valence-corrected chi connectivity index (χ3v) is 2.83. The minimum atomic E-state index is -0.138. The van der Waals surface area contributed by atoms with E-state index in [4.69, 9.17) is 5.73 Å². The molecule has 1 aliphatic rings. The minimum absolute atomic E-state index is 0.138. The monoisotopic (exact) mass is 203 g/mol. The van der Waals surface area contributed by atoms with E-state index in [0.29, 0.717) is 12.5 Å². The summed E-state index contributed by atoms with van der Waals surface area (Å²) in [6.45, 7) is 7.06. The fourth-order valence-electron chi connectivity index (χ4n) is 2.06. The quantitative estimate of drug-likeness (QED) is 0.725. The Morgan fingerprint density at radius 1 is 1.27 bits per heavy atom. The van der Waals surface area contributed by atoms with Crippen molar-refractivity contribution in [2.75, 3.05) is 6.54 Å². The molecule has 3 N–H and O–H groups in total. The van der Waals surface area contributed by atoms with Gasteiger partial charge >= 0.3 is 0 Å². The molecule has 1 aliphatic heterocycles. The lowest BCUT2D eigenvalue weighted by atomic mass is 9.90. The van der Waals surface area contributed by atoms with Crippen molar-refractivity contribution < 1.29 is 0 Å². The van der Waals surface area contributed by atoms with Crippen molar-refractivity contribution in [2.45, 2.75) is 26.3 Å². The first kappa shape index (κ1) is 10.0. The number of benzene rings is 1. The van der Waals surface area contributed by atoms with Gasteiger partial charge in [-0.3, -0.25) is 4.99 Å². The summed E-state index contributed by atoms with van der Waals surface area (Å²) in [4.78, 5) is 4.21. The Hall–Kier alpha value is -1.51. The normalized spacial score (nSPS) is 24.9. The molecule has 3 heteroatoms. The zero-order chi connectivity index (χ0) is 11.1. The number of aliphatic imine (C=N–C) groups is 1. The van der Waals surface area contributed by atoms with Crippen LogP contribution in [0, 0.1) is 13.8 Å². The third-order valence-electron chi connectivity index (χ3n) is 2.83. The van der Waals surface area contributed by atoms with E-state index in [9.17, 15) is 0 Å². The minimum Gasteiger partial charge on any atom is -0.370 e. The number of aryl methyl sites for hydroxylation is 2. The van der Waals surface area contributed by atoms with Gasteiger partial charge in [0, 0.05) is 0 Å². The molecule has 0 radical (unpaired) electrons. The molecule has 0 fully saturated rings. The molecule has 1 heterocycles. The van der Waals surface area contributed by atoms with E-state index in [1.807, 2.05) is 0 Å². The Balaban J connectivity index is 2.38. The molecule has 1 aromatic carbocycles. The second-order valence-electron chi connectivity index (χ2n) is 4.53. The highest BCUT2D eigenvalue weighted by atomic mass is 15.2. The Morgan fingerprint density at radius 2 is 1.87 bits per heavy atom. The third kappa shape index (κ3) is 1.82. The molecule has 1 aromatic rings. The van der Waals surface area contributed by atoms with Crippen molar-refractivity contribution in [1.82, 2.24) is 5.32 Å². The van der Waals surface area contributed by atoms with Gasteiger partial charge in [-0.15, -0.1) is 0 Å². The summed E-state index contributed by atoms with van der Waals surface area (Å²) in [5.74, 6) is 0.539. The van der Waals surface area contributed by atoms with Crippen molar-refractivity contribution in [3.63, 3.8) is 0 Å². The van der Waals surface area contributed by atoms with Gasteiger partial charge in [0.2, 0.25) is 0 Å². The number of hydrogen-bond acceptors (Lipinski definition) is 3. The molecule has 80 valence electrons. The van der Waals surface area contributed by atoms with Crippen LogP contribution in [-0.2, 0) is 5.54 Å². The topological polar surface area (TPSA) is 50.4 Å². The van der Waals surface area contributed by atoms with Gasteiger partial charge in [-0.2, -0.15) is 0 Å². The van der Waals surface area contributed by atoms with Gasteiger partial charge in [0.25, 0.3) is 0 Å². The molecule has 15 heavy (non-hydrogen) atoms. The van der Waals surface area contributed by atoms with Gasteiger partial charge in [-0.25, -0.2) is 0 Å². The molecule has 0 saturated heterocycles. The van der Waals surface area contributed by atoms with E-state index in [-0.39, 0.29) is 5.54 Å². The van der Waals surface area contributed by atoms with Crippen molar-refractivity contribution in [1.29, 1.82) is 0 Å². The molecular weight excluding hydrogens is 186 g/mol. The largest absolute Gasteiger partial charge is 0.370 e. The van der Waals surface area contributed by atoms with E-state index in [1.165, 1.54) is 16.7 Å². The van der Waals surface area contributed by atoms with Crippen LogP contribution in [0.25, 0.3) is 0 Å². The average Bonchev–Trinajstić information content (AvgIpc) is 2.46. The van der Waals surface area contributed by atoms with Crippen LogP contribution >= 0.6 is 0 Å². The van der Waals surface area contributed by atoms with Crippen LogP contribution in [0.4, 0.5) is 0 Å². The fraction of sp³-hybridized carbons (Fsp3) is 0.417. The lowest BCUT2D eigenvalue weighted by molar-refractivity contribution is 0.479. The summed E-state index contributed by atoms with van der Waals surface area (Å²) in [6, 6.07) is 6.55. The predicted octanol–water partition coefficient (Wildman–Crippen LogP) is 1.44. The Morgan fingerprint density at radius 3 is 2.33 bits per heavy atom. The van der Waals surface area contributed by atoms with Crippen molar-refractivity contribution >= 4 is 5.96 Å². The molecule has 0 aromatic heterocycles. The number of hydrogen-bond donors (Lipinski definition) is 2. The molecule has 0 spiro atoms. The first-order valence-corrected chi connectivity index (χ1v) is 5.16. The highest BCUT2D eigenvalue weighted by Gasteiger charge is 2.31. The molecular formula is C12H17N3. The summed E-state index contributed by atoms with van der Waals surface area (Å²) >= 11 is 0. The van der Waals surface area contributed by atoms with Gasteiger partial charge in [0.15, 0.2) is 5.96 Å². The Bertz CT molecular complexity index is 403. The van der Waals surface area contributed by atoms with Gasteiger partial charge < -0.3 is 11.1 Å². The van der Waals surface area contributed by atoms with Gasteiger partial charge in [-0.05, 0) is 26.3 Å². The summed E-state index contributed by atoms with van der Waals surface area (Å²) in [6.07, 6.45) is 0. The lowest BCUT2D eigenvalue weighted by Crippen LogP contribution is -2.43. The van der Waals surface area contributed by atoms with Crippen molar-refractivity contribution in [3.05, 3.63) is 34.9 Å². The van der Waals surface area contributed by atoms with Crippen LogP contribution in [0.3, 0.4) is 0 Å². The number of nitrogens with zero attached hydrogens (tertiary/aromatic N) is 1. The second-order valence-corrected chi connectivity index (χ2v) is 4.53. The van der Waals surface area contributed by atoms with Gasteiger partial charge in [0.05, 0.1) is 12.1 Å². The highest BCUT2D eigenvalue weighted by Crippen LogP contribution is 2.25. The van der Waals surface area contributed by atoms with Crippen LogP contribution in [0.5, 0.6) is 0 Å². The lowest BCUT2D eigenvalue weighted by Gasteiger charge is -2.25. The maximum atomic E-state index is 5.66. The SMILES string of the molecule is Cc1cc(C)cc(C2(C)CN=C(N)N2)c1. The van der Waals surface area contributed by atoms with Crippen LogP contribution in [0.1, 0.15) is 23.6 Å². The number of guanidine groups is 1. The molecule has 0 amide bonds. The van der Waals surface area contributed by atoms with E-state index in [2.05, 4.69) is 49.3 Å². The first-order chi connectivity index (χ1) is 6.99. The summed E-state index contributed by atoms with van der Waals surface area (Å²) in [5.41, 5.74) is 9.33. The van der Waals surface area contributed by atoms with E-state index in [0.717, 1.165) is 0 Å². The van der Waals surface area contributed by atoms with E-state index in [1.54, 1.807) is 0 Å². The maximum Gasteiger partial charge on any atom is 0.189 e. The van der Waals surface area contributed by atoms with Crippen molar-refractivity contribution in [3.8, 4) is 0 Å². The van der Waals surface area contributed by atoms with Crippen LogP contribution < -0.4 is 11.1 Å². The van der Waals surface area contributed by atoms with Gasteiger partial charge in [-0.1, -0.05) is 29.3 Å². The molecule has 0 bridgehead atoms. The molecule has 0 saturated carbocycles. The fourth-order valence-corrected chi connectivity index (χ4v) is 2.06. The number of nitrogens with two attached hydrogens (primary N) is 1. The first-order valence-electron chi connectivity index (χ1n) is 5.16. The second kappa shape index (κ2) is 3.26. The Kier molecular flexibility index (Phi) is 2.18. The zero-order valence-electron chi connectivity index (χ0n) is 9.46. The van der Waals surface area contributed by atoms with E-state index < -0.39 is 0 Å². The van der Waals surface area contributed by atoms with E-state index >= 15 is 0 Å². The Labute approximate surface area is 90.4 Å². The highest BCUT2D eigenvalue weighted by molar-refractivity contribution is 5.81. The molecule has 0 aliphatic carbocycles. The smallest absolute Gasteiger partial charge is 0.189 e. The summed E-state index contributed by atoms with van der Waals surface area (Å²) in [7, 11) is 0. The summed E-state index contributed by atoms with van der Waals surface area (Å²) < 4.78 is 0. The van der Waals surface area contributed by atoms with Gasteiger partial charge in [0.1, 0.15) is 0 Å². The van der Waals surface area contributed by atoms with Crippen LogP contribution in [-0.4, -0.2) is 12.5 Å². The number of nitrogens with one attached hydrogen (secondary N) is 1. The number of rotatable bonds is 1. The predicted molar refractivity (Wildman–Crippen MR) is 62.9 cm³/mol. The zero-order valence-corrected chi connectivity index (χ0v) is 9.46. The molecule has 3 nitrogen and oxygen atoms in total. The summed E-state index contributed by atoms with van der Waals surface area (Å²) in [5, 5.41) is 3.23. The van der Waals surface area contributed by atoms with Crippen LogP contribution in [0.15, 0.2) is 23.2 Å². The maximum absolute atomic E-state index is 5.66. The molecule has 1 unspecified atom stereocenters. The molecule has 2 rings (SSSR count). The average molecular weight is 203 g/mol. The van der Waals surface area contributed by atoms with Crippen molar-refractivity contribution in [2.24, 2.45) is 10.7 Å².